The van der Waals surface area contributed by atoms with Gasteiger partial charge in [0.15, 0.2) is 0 Å². The first-order chi connectivity index (χ1) is 19.7. The summed E-state index contributed by atoms with van der Waals surface area (Å²) in [6, 6.07) is 16.9. The zero-order chi connectivity index (χ0) is 29.0. The van der Waals surface area contributed by atoms with Crippen molar-refractivity contribution in [2.24, 2.45) is 0 Å². The van der Waals surface area contributed by atoms with E-state index >= 15 is 0 Å². The highest BCUT2D eigenvalue weighted by atomic mass is 19.4. The van der Waals surface area contributed by atoms with Gasteiger partial charge in [0, 0.05) is 30.9 Å². The highest BCUT2D eigenvalue weighted by Gasteiger charge is 2.35. The Bertz CT molecular complexity index is 1670. The molecule has 2 N–H and O–H groups in total. The van der Waals surface area contributed by atoms with Crippen LogP contribution in [0.5, 0.6) is 23.0 Å². The lowest BCUT2D eigenvalue weighted by molar-refractivity contribution is -0.138. The molecule has 3 aromatic carbocycles. The molecule has 2 heterocycles. The number of fused-ring (bicyclic) bond motifs is 1. The molecule has 2 amide bonds. The molecule has 0 fully saturated rings. The number of methoxy groups -OCH3 is 1. The van der Waals surface area contributed by atoms with Crippen LogP contribution in [-0.2, 0) is 17.6 Å². The molecular formula is C29H22F4N4O4. The van der Waals surface area contributed by atoms with Gasteiger partial charge in [0.1, 0.15) is 46.8 Å². The molecule has 0 saturated heterocycles. The second kappa shape index (κ2) is 11.6. The van der Waals surface area contributed by atoms with E-state index in [0.29, 0.717) is 29.6 Å². The number of nitrogens with zero attached hydrogens (tertiary/aromatic N) is 2. The zero-order valence-electron chi connectivity index (χ0n) is 21.4. The first-order valence-corrected chi connectivity index (χ1v) is 12.1. The Labute approximate surface area is 231 Å². The monoisotopic (exact) mass is 566 g/mol. The molecule has 2 aromatic heterocycles. The lowest BCUT2D eigenvalue weighted by Gasteiger charge is -2.16. The van der Waals surface area contributed by atoms with Crippen LogP contribution in [0.15, 0.2) is 91.3 Å². The fraction of sp³-hybridized carbons (Fsp3) is 0.103. The lowest BCUT2D eigenvalue weighted by atomic mass is 10.1. The molecule has 5 aromatic rings. The van der Waals surface area contributed by atoms with Crippen LogP contribution in [0.1, 0.15) is 5.56 Å². The Hall–Kier alpha value is -5.10. The molecule has 0 aliphatic heterocycles. The van der Waals surface area contributed by atoms with Crippen LogP contribution in [0, 0.1) is 5.82 Å². The van der Waals surface area contributed by atoms with Crippen LogP contribution in [-0.4, -0.2) is 22.7 Å². The minimum Gasteiger partial charge on any atom is -0.457 e. The van der Waals surface area contributed by atoms with E-state index in [1.54, 1.807) is 43.6 Å². The number of alkyl halides is 3. The van der Waals surface area contributed by atoms with Crippen molar-refractivity contribution in [1.29, 1.82) is 0 Å². The molecule has 0 bridgehead atoms. The van der Waals surface area contributed by atoms with E-state index in [2.05, 4.69) is 15.6 Å². The van der Waals surface area contributed by atoms with E-state index in [1.165, 1.54) is 18.2 Å². The van der Waals surface area contributed by atoms with Crippen LogP contribution >= 0.6 is 0 Å². The summed E-state index contributed by atoms with van der Waals surface area (Å²) in [5.74, 6) is 0.0587. The van der Waals surface area contributed by atoms with Crippen LogP contribution in [0.2, 0.25) is 0 Å². The number of amides is 2. The van der Waals surface area contributed by atoms with Crippen molar-refractivity contribution < 1.29 is 36.6 Å². The number of carbonyl (C=O) groups excluding carboxylic acids is 1. The molecule has 0 saturated carbocycles. The maximum atomic E-state index is 13.7. The molecule has 5 rings (SSSR count). The van der Waals surface area contributed by atoms with Crippen molar-refractivity contribution in [3.8, 4) is 23.0 Å². The Kier molecular flexibility index (Phi) is 7.74. The molecule has 0 aliphatic rings. The van der Waals surface area contributed by atoms with Gasteiger partial charge >= 0.3 is 12.2 Å². The summed E-state index contributed by atoms with van der Waals surface area (Å²) in [6.07, 6.45) is -1.31. The molecular weight excluding hydrogens is 544 g/mol. The Balaban J connectivity index is 1.24. The first-order valence-electron chi connectivity index (χ1n) is 12.1. The van der Waals surface area contributed by atoms with Crippen molar-refractivity contribution in [3.05, 3.63) is 103 Å². The van der Waals surface area contributed by atoms with Gasteiger partial charge in [-0.3, -0.25) is 0 Å². The Morgan fingerprint density at radius 1 is 0.854 bits per heavy atom. The maximum Gasteiger partial charge on any atom is 0.420 e. The van der Waals surface area contributed by atoms with E-state index in [1.807, 2.05) is 16.8 Å². The summed E-state index contributed by atoms with van der Waals surface area (Å²) in [5.41, 5.74) is -0.136. The molecule has 0 atom stereocenters. The van der Waals surface area contributed by atoms with Crippen LogP contribution in [0.4, 0.5) is 33.7 Å². The summed E-state index contributed by atoms with van der Waals surface area (Å²) in [7, 11) is 1.59. The van der Waals surface area contributed by atoms with E-state index in [-0.39, 0.29) is 11.4 Å². The minimum atomic E-state index is -4.77. The standard InChI is InChI=1S/C29H22F4N4O4/c1-39-17-37-15-13-23-25(12-14-34-27(23)37)40-22-9-4-19(5-10-22)35-28(38)36-20-6-11-26(24(16-20)29(31,32)33)41-21-7-2-18(30)3-8-21/h2-16H,17H2,1H3,(H2,35,36,38). The second-order valence-corrected chi connectivity index (χ2v) is 8.72. The van der Waals surface area contributed by atoms with E-state index in [4.69, 9.17) is 14.2 Å². The number of hydrogen-bond acceptors (Lipinski definition) is 5. The van der Waals surface area contributed by atoms with Gasteiger partial charge in [-0.1, -0.05) is 0 Å². The van der Waals surface area contributed by atoms with Gasteiger partial charge in [0.05, 0.1) is 5.39 Å². The van der Waals surface area contributed by atoms with E-state index in [0.717, 1.165) is 29.7 Å². The number of urea groups is 1. The van der Waals surface area contributed by atoms with E-state index < -0.39 is 29.3 Å². The molecule has 0 spiro atoms. The fourth-order valence-electron chi connectivity index (χ4n) is 3.97. The zero-order valence-corrected chi connectivity index (χ0v) is 21.4. The predicted octanol–water partition coefficient (Wildman–Crippen LogP) is 8.03. The number of nitrogens with one attached hydrogen (secondary N) is 2. The minimum absolute atomic E-state index is 0.0284. The quantitative estimate of drug-likeness (QED) is 0.186. The maximum absolute atomic E-state index is 13.7. The highest BCUT2D eigenvalue weighted by molar-refractivity contribution is 5.99. The van der Waals surface area contributed by atoms with Crippen LogP contribution in [0.25, 0.3) is 11.0 Å². The van der Waals surface area contributed by atoms with Gasteiger partial charge in [0.25, 0.3) is 0 Å². The normalized spacial score (nSPS) is 11.3. The van der Waals surface area contributed by atoms with Gasteiger partial charge in [-0.2, -0.15) is 13.2 Å². The molecule has 210 valence electrons. The van der Waals surface area contributed by atoms with Crippen molar-refractivity contribution in [1.82, 2.24) is 9.55 Å². The third-order valence-corrected chi connectivity index (χ3v) is 5.81. The molecule has 0 aliphatic carbocycles. The third kappa shape index (κ3) is 6.56. The topological polar surface area (TPSA) is 86.6 Å². The summed E-state index contributed by atoms with van der Waals surface area (Å²) in [6.45, 7) is 0.341. The summed E-state index contributed by atoms with van der Waals surface area (Å²) >= 11 is 0. The number of halogens is 4. The fourth-order valence-corrected chi connectivity index (χ4v) is 3.97. The average molecular weight is 567 g/mol. The van der Waals surface area contributed by atoms with Crippen molar-refractivity contribution >= 4 is 28.4 Å². The molecule has 8 nitrogen and oxygen atoms in total. The second-order valence-electron chi connectivity index (χ2n) is 8.72. The van der Waals surface area contributed by atoms with Crippen LogP contribution < -0.4 is 20.1 Å². The summed E-state index contributed by atoms with van der Waals surface area (Å²) < 4.78 is 72.5. The molecule has 0 radical (unpaired) electrons. The van der Waals surface area contributed by atoms with Gasteiger partial charge in [0.2, 0.25) is 0 Å². The molecule has 12 heteroatoms. The number of hydrogen-bond donors (Lipinski definition) is 2. The lowest BCUT2D eigenvalue weighted by Crippen LogP contribution is -2.20. The molecule has 41 heavy (non-hydrogen) atoms. The first kappa shape index (κ1) is 27.5. The van der Waals surface area contributed by atoms with Gasteiger partial charge < -0.3 is 29.4 Å². The van der Waals surface area contributed by atoms with Crippen molar-refractivity contribution in [2.75, 3.05) is 17.7 Å². The van der Waals surface area contributed by atoms with Crippen LogP contribution in [0.3, 0.4) is 0 Å². The number of carbonyl (C=O) groups is 1. The van der Waals surface area contributed by atoms with Crippen molar-refractivity contribution in [2.45, 2.75) is 12.9 Å². The summed E-state index contributed by atoms with van der Waals surface area (Å²) in [5, 5.41) is 5.74. The summed E-state index contributed by atoms with van der Waals surface area (Å²) in [4.78, 5) is 16.9. The SMILES string of the molecule is COCn1ccc2c(Oc3ccc(NC(=O)Nc4ccc(Oc5ccc(F)cc5)c(C(F)(F)F)c4)cc3)ccnc21. The number of benzene rings is 3. The van der Waals surface area contributed by atoms with Gasteiger partial charge in [-0.25, -0.2) is 14.2 Å². The van der Waals surface area contributed by atoms with Gasteiger partial charge in [-0.15, -0.1) is 0 Å². The number of pyridine rings is 1. The molecule has 0 unspecified atom stereocenters. The smallest absolute Gasteiger partial charge is 0.420 e. The Morgan fingerprint density at radius 3 is 2.17 bits per heavy atom. The average Bonchev–Trinajstić information content (AvgIpc) is 3.35. The number of aromatic nitrogens is 2. The largest absolute Gasteiger partial charge is 0.457 e. The third-order valence-electron chi connectivity index (χ3n) is 5.81. The predicted molar refractivity (Wildman–Crippen MR) is 144 cm³/mol. The van der Waals surface area contributed by atoms with Gasteiger partial charge in [-0.05, 0) is 78.9 Å². The Morgan fingerprint density at radius 2 is 1.49 bits per heavy atom. The number of ether oxygens (including phenoxy) is 3. The highest BCUT2D eigenvalue weighted by Crippen LogP contribution is 2.40. The number of anilines is 2. The van der Waals surface area contributed by atoms with Crippen molar-refractivity contribution in [3.63, 3.8) is 0 Å². The van der Waals surface area contributed by atoms with E-state index in [9.17, 15) is 22.4 Å². The number of rotatable bonds is 8.